The molecule has 0 aliphatic carbocycles. The lowest BCUT2D eigenvalue weighted by molar-refractivity contribution is 0.0951. The van der Waals surface area contributed by atoms with Crippen LogP contribution >= 0.6 is 11.6 Å². The van der Waals surface area contributed by atoms with E-state index in [0.717, 1.165) is 18.7 Å². The Bertz CT molecular complexity index is 655. The number of hydrogen-bond donors (Lipinski definition) is 2. The summed E-state index contributed by atoms with van der Waals surface area (Å²) in [5, 5.41) is 6.80. The zero-order valence-corrected chi connectivity index (χ0v) is 11.7. The number of carbonyl (C=O) groups is 1. The number of carbonyl (C=O) groups excluding carboxylic acids is 1. The highest BCUT2D eigenvalue weighted by Crippen LogP contribution is 2.17. The third-order valence-corrected chi connectivity index (χ3v) is 3.68. The number of amides is 1. The van der Waals surface area contributed by atoms with E-state index in [-0.39, 0.29) is 5.91 Å². The summed E-state index contributed by atoms with van der Waals surface area (Å²) in [7, 11) is 0. The van der Waals surface area contributed by atoms with Gasteiger partial charge in [-0.1, -0.05) is 35.9 Å². The van der Waals surface area contributed by atoms with E-state index in [9.17, 15) is 4.79 Å². The molecule has 2 aromatic carbocycles. The highest BCUT2D eigenvalue weighted by molar-refractivity contribution is 6.30. The number of nitrogens with one attached hydrogen (secondary N) is 2. The summed E-state index contributed by atoms with van der Waals surface area (Å²) in [6.07, 6.45) is 0. The van der Waals surface area contributed by atoms with E-state index in [1.54, 1.807) is 24.3 Å². The molecule has 0 spiro atoms. The summed E-state index contributed by atoms with van der Waals surface area (Å²) in [4.78, 5) is 12.0. The molecule has 2 aromatic rings. The number of rotatable bonds is 3. The van der Waals surface area contributed by atoms with E-state index in [1.165, 1.54) is 11.1 Å². The van der Waals surface area contributed by atoms with Crippen LogP contribution in [0.5, 0.6) is 0 Å². The predicted molar refractivity (Wildman–Crippen MR) is 79.6 cm³/mol. The summed E-state index contributed by atoms with van der Waals surface area (Å²) in [5.74, 6) is -0.105. The molecule has 3 rings (SSSR count). The maximum absolute atomic E-state index is 12.0. The Kier molecular flexibility index (Phi) is 3.72. The van der Waals surface area contributed by atoms with E-state index in [1.807, 2.05) is 0 Å². The fourth-order valence-electron chi connectivity index (χ4n) is 2.37. The molecule has 0 bridgehead atoms. The van der Waals surface area contributed by atoms with Crippen molar-refractivity contribution in [1.82, 2.24) is 10.6 Å². The Hall–Kier alpha value is -1.84. The predicted octanol–water partition coefficient (Wildman–Crippen LogP) is 2.87. The first kappa shape index (κ1) is 13.2. The lowest BCUT2D eigenvalue weighted by atomic mass is 10.1. The van der Waals surface area contributed by atoms with Crippen LogP contribution in [0, 0.1) is 0 Å². The Morgan fingerprint density at radius 1 is 1.15 bits per heavy atom. The van der Waals surface area contributed by atoms with Crippen molar-refractivity contribution in [1.29, 1.82) is 0 Å². The Balaban J connectivity index is 1.66. The molecule has 0 saturated carbocycles. The van der Waals surface area contributed by atoms with Crippen molar-refractivity contribution < 1.29 is 4.79 Å². The molecule has 0 unspecified atom stereocenters. The molecule has 0 fully saturated rings. The van der Waals surface area contributed by atoms with E-state index in [2.05, 4.69) is 28.8 Å². The summed E-state index contributed by atoms with van der Waals surface area (Å²) < 4.78 is 0. The van der Waals surface area contributed by atoms with Crippen molar-refractivity contribution in [3.05, 3.63) is 69.7 Å². The lowest BCUT2D eigenvalue weighted by Gasteiger charge is -2.07. The van der Waals surface area contributed by atoms with Crippen molar-refractivity contribution in [2.24, 2.45) is 0 Å². The second-order valence-corrected chi connectivity index (χ2v) is 5.34. The topological polar surface area (TPSA) is 41.1 Å². The van der Waals surface area contributed by atoms with E-state index >= 15 is 0 Å². The first-order chi connectivity index (χ1) is 9.72. The van der Waals surface area contributed by atoms with E-state index < -0.39 is 0 Å². The molecule has 102 valence electrons. The third kappa shape index (κ3) is 2.84. The molecular weight excluding hydrogens is 272 g/mol. The third-order valence-electron chi connectivity index (χ3n) is 3.44. The number of benzene rings is 2. The normalized spacial score (nSPS) is 13.1. The molecule has 0 radical (unpaired) electrons. The maximum Gasteiger partial charge on any atom is 0.251 e. The van der Waals surface area contributed by atoms with Crippen LogP contribution in [0.25, 0.3) is 0 Å². The zero-order valence-electron chi connectivity index (χ0n) is 10.9. The van der Waals surface area contributed by atoms with Gasteiger partial charge < -0.3 is 10.6 Å². The second-order valence-electron chi connectivity index (χ2n) is 4.90. The summed E-state index contributed by atoms with van der Waals surface area (Å²) in [6.45, 7) is 2.37. The van der Waals surface area contributed by atoms with Gasteiger partial charge in [0.25, 0.3) is 5.91 Å². The maximum atomic E-state index is 12.0. The number of halogens is 1. The molecule has 2 N–H and O–H groups in total. The van der Waals surface area contributed by atoms with Crippen molar-refractivity contribution in [2.75, 3.05) is 0 Å². The zero-order chi connectivity index (χ0) is 13.9. The quantitative estimate of drug-likeness (QED) is 0.911. The Labute approximate surface area is 123 Å². The molecular formula is C16H15ClN2O. The minimum Gasteiger partial charge on any atom is -0.348 e. The standard InChI is InChI=1S/C16H15ClN2O/c17-15-3-1-2-12(7-15)16(20)19-8-11-4-5-13-9-18-10-14(13)6-11/h1-7,18H,8-10H2,(H,19,20). The number of hydrogen-bond acceptors (Lipinski definition) is 2. The van der Waals surface area contributed by atoms with Gasteiger partial charge in [0, 0.05) is 30.2 Å². The molecule has 3 nitrogen and oxygen atoms in total. The second kappa shape index (κ2) is 5.65. The molecule has 20 heavy (non-hydrogen) atoms. The van der Waals surface area contributed by atoms with Gasteiger partial charge in [0.15, 0.2) is 0 Å². The van der Waals surface area contributed by atoms with Crippen LogP contribution in [0.4, 0.5) is 0 Å². The van der Waals surface area contributed by atoms with Crippen LogP contribution in [0.1, 0.15) is 27.0 Å². The fourth-order valence-corrected chi connectivity index (χ4v) is 2.56. The summed E-state index contributed by atoms with van der Waals surface area (Å²) in [6, 6.07) is 13.3. The first-order valence-electron chi connectivity index (χ1n) is 6.57. The van der Waals surface area contributed by atoms with Gasteiger partial charge in [-0.05, 0) is 34.9 Å². The van der Waals surface area contributed by atoms with Gasteiger partial charge in [-0.25, -0.2) is 0 Å². The first-order valence-corrected chi connectivity index (χ1v) is 6.95. The van der Waals surface area contributed by atoms with Gasteiger partial charge in [-0.3, -0.25) is 4.79 Å². The van der Waals surface area contributed by atoms with Gasteiger partial charge in [-0.2, -0.15) is 0 Å². The van der Waals surface area contributed by atoms with Crippen LogP contribution < -0.4 is 10.6 Å². The van der Waals surface area contributed by atoms with Crippen LogP contribution in [0.2, 0.25) is 5.02 Å². The van der Waals surface area contributed by atoms with Crippen molar-refractivity contribution in [3.63, 3.8) is 0 Å². The average Bonchev–Trinajstić information content (AvgIpc) is 2.92. The largest absolute Gasteiger partial charge is 0.348 e. The SMILES string of the molecule is O=C(NCc1ccc2c(c1)CNC2)c1cccc(Cl)c1. The molecule has 1 aliphatic heterocycles. The molecule has 0 saturated heterocycles. The molecule has 1 heterocycles. The Morgan fingerprint density at radius 3 is 2.85 bits per heavy atom. The van der Waals surface area contributed by atoms with Gasteiger partial charge >= 0.3 is 0 Å². The van der Waals surface area contributed by atoms with Gasteiger partial charge in [0.1, 0.15) is 0 Å². The summed E-state index contributed by atoms with van der Waals surface area (Å²) >= 11 is 5.88. The molecule has 1 aliphatic rings. The monoisotopic (exact) mass is 286 g/mol. The van der Waals surface area contributed by atoms with E-state index in [4.69, 9.17) is 11.6 Å². The summed E-state index contributed by atoms with van der Waals surface area (Å²) in [5.41, 5.74) is 4.36. The molecule has 1 amide bonds. The average molecular weight is 287 g/mol. The van der Waals surface area contributed by atoms with Gasteiger partial charge in [0.2, 0.25) is 0 Å². The van der Waals surface area contributed by atoms with Crippen LogP contribution in [0.15, 0.2) is 42.5 Å². The highest BCUT2D eigenvalue weighted by Gasteiger charge is 2.11. The number of fused-ring (bicyclic) bond motifs is 1. The Morgan fingerprint density at radius 2 is 2.00 bits per heavy atom. The van der Waals surface area contributed by atoms with Crippen molar-refractivity contribution >= 4 is 17.5 Å². The van der Waals surface area contributed by atoms with Crippen LogP contribution in [-0.4, -0.2) is 5.91 Å². The van der Waals surface area contributed by atoms with Crippen LogP contribution in [-0.2, 0) is 19.6 Å². The smallest absolute Gasteiger partial charge is 0.251 e. The minimum absolute atomic E-state index is 0.105. The van der Waals surface area contributed by atoms with Crippen LogP contribution in [0.3, 0.4) is 0 Å². The molecule has 0 aromatic heterocycles. The van der Waals surface area contributed by atoms with E-state index in [0.29, 0.717) is 17.1 Å². The molecule has 4 heteroatoms. The van der Waals surface area contributed by atoms with Gasteiger partial charge in [0.05, 0.1) is 0 Å². The molecule has 0 atom stereocenters. The van der Waals surface area contributed by atoms with Gasteiger partial charge in [-0.15, -0.1) is 0 Å². The van der Waals surface area contributed by atoms with Crippen molar-refractivity contribution in [2.45, 2.75) is 19.6 Å². The minimum atomic E-state index is -0.105. The lowest BCUT2D eigenvalue weighted by Crippen LogP contribution is -2.22. The van der Waals surface area contributed by atoms with Crippen molar-refractivity contribution in [3.8, 4) is 0 Å². The highest BCUT2D eigenvalue weighted by atomic mass is 35.5. The fraction of sp³-hybridized carbons (Fsp3) is 0.188.